The van der Waals surface area contributed by atoms with Gasteiger partial charge in [0.05, 0.1) is 6.54 Å². The molecule has 172 valence electrons. The van der Waals surface area contributed by atoms with Gasteiger partial charge in [-0.3, -0.25) is 0 Å². The molecular weight excluding hydrogens is 555 g/mol. The van der Waals surface area contributed by atoms with E-state index in [1.165, 1.54) is 6.07 Å². The summed E-state index contributed by atoms with van der Waals surface area (Å²) in [6, 6.07) is 13.8. The summed E-state index contributed by atoms with van der Waals surface area (Å²) in [4.78, 5) is 8.81. The number of rotatable bonds is 9. The smallest absolute Gasteiger partial charge is 0.387 e. The van der Waals surface area contributed by atoms with Crippen LogP contribution in [0, 0.1) is 0 Å². The van der Waals surface area contributed by atoms with Gasteiger partial charge in [0, 0.05) is 35.7 Å². The lowest BCUT2D eigenvalue weighted by Gasteiger charge is -2.12. The summed E-state index contributed by atoms with van der Waals surface area (Å²) in [7, 11) is 0. The highest BCUT2D eigenvalue weighted by Crippen LogP contribution is 2.21. The number of halogens is 4. The van der Waals surface area contributed by atoms with Crippen LogP contribution in [0.15, 0.2) is 58.0 Å². The summed E-state index contributed by atoms with van der Waals surface area (Å²) in [6.07, 6.45) is 0.475. The predicted molar refractivity (Wildman–Crippen MR) is 130 cm³/mol. The molecule has 0 amide bonds. The van der Waals surface area contributed by atoms with Gasteiger partial charge in [-0.05, 0) is 25.1 Å². The lowest BCUT2D eigenvalue weighted by atomic mass is 10.2. The molecule has 0 spiro atoms. The first-order valence-corrected chi connectivity index (χ1v) is 10.1. The largest absolute Gasteiger partial charge is 0.434 e. The number of alkyl halides is 2. The maximum atomic E-state index is 12.6. The zero-order valence-corrected chi connectivity index (χ0v) is 20.3. The Morgan fingerprint density at radius 3 is 2.75 bits per heavy atom. The minimum absolute atomic E-state index is 0. The highest BCUT2D eigenvalue weighted by molar-refractivity contribution is 14.0. The first-order valence-electron chi connectivity index (χ1n) is 9.68. The van der Waals surface area contributed by atoms with E-state index in [0.717, 1.165) is 5.56 Å². The van der Waals surface area contributed by atoms with Crippen LogP contribution in [0.25, 0.3) is 11.4 Å². The molecule has 0 fully saturated rings. The first-order chi connectivity index (χ1) is 15.0. The van der Waals surface area contributed by atoms with Gasteiger partial charge in [-0.15, -0.1) is 24.0 Å². The number of ether oxygens (including phenoxy) is 1. The fourth-order valence-electron chi connectivity index (χ4n) is 2.74. The molecule has 0 saturated heterocycles. The SMILES string of the molecule is CCNC(=NCc1ccccc1OC(F)F)NCCc1nc(-c2cccc(Cl)c2)no1.I. The predicted octanol–water partition coefficient (Wildman–Crippen LogP) is 4.91. The third-order valence-electron chi connectivity index (χ3n) is 4.12. The molecule has 0 bridgehead atoms. The molecule has 0 aliphatic carbocycles. The van der Waals surface area contributed by atoms with Crippen LogP contribution in [-0.4, -0.2) is 35.8 Å². The molecule has 3 rings (SSSR count). The monoisotopic (exact) mass is 577 g/mol. The number of hydrogen-bond donors (Lipinski definition) is 2. The molecule has 0 unspecified atom stereocenters. The topological polar surface area (TPSA) is 84.6 Å². The zero-order valence-electron chi connectivity index (χ0n) is 17.2. The second-order valence-electron chi connectivity index (χ2n) is 6.38. The van der Waals surface area contributed by atoms with E-state index in [2.05, 4.69) is 30.5 Å². The van der Waals surface area contributed by atoms with Gasteiger partial charge in [-0.25, -0.2) is 4.99 Å². The number of nitrogens with one attached hydrogen (secondary N) is 2. The van der Waals surface area contributed by atoms with Crippen LogP contribution in [-0.2, 0) is 13.0 Å². The second-order valence-corrected chi connectivity index (χ2v) is 6.82. The highest BCUT2D eigenvalue weighted by atomic mass is 127. The number of hydrogen-bond acceptors (Lipinski definition) is 5. The molecular formula is C21H23ClF2IN5O2. The van der Waals surface area contributed by atoms with Crippen LogP contribution in [0.4, 0.5) is 8.78 Å². The van der Waals surface area contributed by atoms with Gasteiger partial charge in [0.1, 0.15) is 5.75 Å². The van der Waals surface area contributed by atoms with E-state index in [1.54, 1.807) is 30.3 Å². The highest BCUT2D eigenvalue weighted by Gasteiger charge is 2.11. The van der Waals surface area contributed by atoms with E-state index < -0.39 is 6.61 Å². The third-order valence-corrected chi connectivity index (χ3v) is 4.36. The maximum Gasteiger partial charge on any atom is 0.387 e. The van der Waals surface area contributed by atoms with Crippen LogP contribution in [0.5, 0.6) is 5.75 Å². The van der Waals surface area contributed by atoms with Gasteiger partial charge in [0.2, 0.25) is 11.7 Å². The molecule has 0 radical (unpaired) electrons. The van der Waals surface area contributed by atoms with Crippen molar-refractivity contribution in [2.45, 2.75) is 26.5 Å². The van der Waals surface area contributed by atoms with Crippen molar-refractivity contribution >= 4 is 41.5 Å². The minimum Gasteiger partial charge on any atom is -0.434 e. The van der Waals surface area contributed by atoms with E-state index in [9.17, 15) is 8.78 Å². The molecule has 2 aromatic carbocycles. The Balaban J connectivity index is 0.00000363. The standard InChI is InChI=1S/C21H22ClF2N5O2.HI/c1-2-25-21(27-13-15-6-3-4-9-17(15)30-20(23)24)26-11-10-18-28-19(29-31-18)14-7-5-8-16(22)12-14;/h3-9,12,20H,2,10-11,13H2,1H3,(H2,25,26,27);1H. The number of aliphatic imine (C=N–C) groups is 1. The van der Waals surface area contributed by atoms with Crippen molar-refractivity contribution in [2.75, 3.05) is 13.1 Å². The molecule has 7 nitrogen and oxygen atoms in total. The van der Waals surface area contributed by atoms with E-state index >= 15 is 0 Å². The summed E-state index contributed by atoms with van der Waals surface area (Å²) in [5.74, 6) is 1.57. The fraction of sp³-hybridized carbons (Fsp3) is 0.286. The molecule has 32 heavy (non-hydrogen) atoms. The van der Waals surface area contributed by atoms with Crippen molar-refractivity contribution in [1.82, 2.24) is 20.8 Å². The number of para-hydroxylation sites is 1. The molecule has 0 aliphatic rings. The van der Waals surface area contributed by atoms with E-state index in [1.807, 2.05) is 19.1 Å². The Morgan fingerprint density at radius 2 is 2.00 bits per heavy atom. The Bertz CT molecular complexity index is 1020. The van der Waals surface area contributed by atoms with Gasteiger partial charge >= 0.3 is 6.61 Å². The van der Waals surface area contributed by atoms with E-state index in [0.29, 0.717) is 47.8 Å². The lowest BCUT2D eigenvalue weighted by molar-refractivity contribution is -0.0504. The molecule has 1 aromatic heterocycles. The summed E-state index contributed by atoms with van der Waals surface area (Å²) < 4.78 is 35.0. The number of nitrogens with zero attached hydrogens (tertiary/aromatic N) is 3. The number of aromatic nitrogens is 2. The first kappa shape index (κ1) is 25.8. The van der Waals surface area contributed by atoms with Crippen molar-refractivity contribution in [3.63, 3.8) is 0 Å². The van der Waals surface area contributed by atoms with Crippen molar-refractivity contribution in [3.05, 3.63) is 65.0 Å². The Hall–Kier alpha value is -2.47. The van der Waals surface area contributed by atoms with Crippen LogP contribution < -0.4 is 15.4 Å². The van der Waals surface area contributed by atoms with Crippen molar-refractivity contribution in [2.24, 2.45) is 4.99 Å². The average molecular weight is 578 g/mol. The molecule has 0 atom stereocenters. The maximum absolute atomic E-state index is 12.6. The average Bonchev–Trinajstić information content (AvgIpc) is 3.21. The molecule has 11 heteroatoms. The fourth-order valence-corrected chi connectivity index (χ4v) is 2.93. The van der Waals surface area contributed by atoms with E-state index in [4.69, 9.17) is 16.1 Å². The number of benzene rings is 2. The van der Waals surface area contributed by atoms with Crippen molar-refractivity contribution < 1.29 is 18.0 Å². The second kappa shape index (κ2) is 13.2. The Morgan fingerprint density at radius 1 is 1.19 bits per heavy atom. The van der Waals surface area contributed by atoms with E-state index in [-0.39, 0.29) is 36.3 Å². The van der Waals surface area contributed by atoms with Crippen LogP contribution in [0.3, 0.4) is 0 Å². The minimum atomic E-state index is -2.89. The number of guanidine groups is 1. The normalized spacial score (nSPS) is 11.2. The van der Waals surface area contributed by atoms with Gasteiger partial charge < -0.3 is 19.9 Å². The summed E-state index contributed by atoms with van der Waals surface area (Å²) in [6.45, 7) is 0.346. The molecule has 3 aromatic rings. The van der Waals surface area contributed by atoms with Crippen molar-refractivity contribution in [1.29, 1.82) is 0 Å². The molecule has 0 saturated carbocycles. The molecule has 0 aliphatic heterocycles. The van der Waals surface area contributed by atoms with Crippen LogP contribution in [0.1, 0.15) is 18.4 Å². The summed E-state index contributed by atoms with van der Waals surface area (Å²) in [5, 5.41) is 10.8. The lowest BCUT2D eigenvalue weighted by Crippen LogP contribution is -2.38. The van der Waals surface area contributed by atoms with Crippen LogP contribution in [0.2, 0.25) is 5.02 Å². The third kappa shape index (κ3) is 7.90. The quantitative estimate of drug-likeness (QED) is 0.214. The van der Waals surface area contributed by atoms with Gasteiger partial charge in [0.25, 0.3) is 0 Å². The Labute approximate surface area is 206 Å². The summed E-state index contributed by atoms with van der Waals surface area (Å²) in [5.41, 5.74) is 1.33. The van der Waals surface area contributed by atoms with Gasteiger partial charge in [-0.1, -0.05) is 47.1 Å². The van der Waals surface area contributed by atoms with Gasteiger partial charge in [-0.2, -0.15) is 13.8 Å². The van der Waals surface area contributed by atoms with Gasteiger partial charge in [0.15, 0.2) is 5.96 Å². The molecule has 1 heterocycles. The molecule has 2 N–H and O–H groups in total. The van der Waals surface area contributed by atoms with Crippen LogP contribution >= 0.6 is 35.6 Å². The summed E-state index contributed by atoms with van der Waals surface area (Å²) >= 11 is 6.00. The Kier molecular flexibility index (Phi) is 10.6. The zero-order chi connectivity index (χ0) is 22.1. The van der Waals surface area contributed by atoms with Crippen molar-refractivity contribution in [3.8, 4) is 17.1 Å².